The largest absolute Gasteiger partial charge is 0.364 e. The van der Waals surface area contributed by atoms with Crippen LogP contribution < -0.4 is 11.1 Å². The molecule has 3 N–H and O–H groups in total. The number of halogens is 2. The Morgan fingerprint density at radius 3 is 2.81 bits per heavy atom. The number of hydrogen-bond donors (Lipinski definition) is 2. The second-order valence-corrected chi connectivity index (χ2v) is 7.32. The minimum absolute atomic E-state index is 0.0787. The van der Waals surface area contributed by atoms with Crippen molar-refractivity contribution >= 4 is 17.7 Å². The summed E-state index contributed by atoms with van der Waals surface area (Å²) < 4.78 is 33.9. The van der Waals surface area contributed by atoms with Crippen molar-refractivity contribution in [2.75, 3.05) is 12.8 Å². The van der Waals surface area contributed by atoms with Gasteiger partial charge in [0, 0.05) is 17.0 Å². The Morgan fingerprint density at radius 1 is 1.30 bits per heavy atom. The predicted octanol–water partition coefficient (Wildman–Crippen LogP) is 3.40. The number of nitrogens with two attached hydrogens (primary N) is 1. The summed E-state index contributed by atoms with van der Waals surface area (Å²) in [5.74, 6) is -1.50. The van der Waals surface area contributed by atoms with E-state index in [4.69, 9.17) is 10.5 Å². The van der Waals surface area contributed by atoms with Crippen LogP contribution in [0, 0.1) is 11.6 Å². The van der Waals surface area contributed by atoms with Crippen LogP contribution in [-0.4, -0.2) is 30.9 Å². The Hall–Kier alpha value is -1.96. The highest BCUT2D eigenvalue weighted by Crippen LogP contribution is 2.29. The summed E-state index contributed by atoms with van der Waals surface area (Å²) in [6.45, 7) is 0.349. The number of carbonyl (C=O) groups excluding carboxylic acids is 1. The van der Waals surface area contributed by atoms with Gasteiger partial charge in [-0.05, 0) is 55.0 Å². The van der Waals surface area contributed by atoms with Gasteiger partial charge < -0.3 is 15.8 Å². The van der Waals surface area contributed by atoms with E-state index >= 15 is 0 Å². The smallest absolute Gasteiger partial charge is 0.249 e. The number of carbonyl (C=O) groups is 1. The first-order chi connectivity index (χ1) is 13.0. The van der Waals surface area contributed by atoms with Crippen molar-refractivity contribution in [1.82, 2.24) is 5.32 Å². The predicted molar refractivity (Wildman–Crippen MR) is 102 cm³/mol. The number of benzene rings is 2. The number of nitrogens with one attached hydrogen (secondary N) is 1. The van der Waals surface area contributed by atoms with Crippen LogP contribution in [0.5, 0.6) is 0 Å². The average Bonchev–Trinajstić information content (AvgIpc) is 3.17. The Balaban J connectivity index is 1.92. The van der Waals surface area contributed by atoms with E-state index in [-0.39, 0.29) is 17.6 Å². The van der Waals surface area contributed by atoms with Crippen molar-refractivity contribution in [3.63, 3.8) is 0 Å². The molecule has 7 heteroatoms. The first kappa shape index (κ1) is 19.8. The van der Waals surface area contributed by atoms with E-state index in [1.54, 1.807) is 6.07 Å². The van der Waals surface area contributed by atoms with Crippen LogP contribution in [0.4, 0.5) is 8.78 Å². The van der Waals surface area contributed by atoms with Gasteiger partial charge in [-0.25, -0.2) is 8.78 Å². The molecule has 1 amide bonds. The highest BCUT2D eigenvalue weighted by molar-refractivity contribution is 7.98. The second-order valence-electron chi connectivity index (χ2n) is 6.44. The molecule has 0 spiro atoms. The van der Waals surface area contributed by atoms with Crippen LogP contribution >= 0.6 is 11.8 Å². The van der Waals surface area contributed by atoms with Gasteiger partial charge in [0.1, 0.15) is 17.7 Å². The average molecular weight is 392 g/mol. The van der Waals surface area contributed by atoms with Crippen molar-refractivity contribution in [3.05, 3.63) is 65.2 Å². The van der Waals surface area contributed by atoms with Gasteiger partial charge in [-0.1, -0.05) is 12.1 Å². The van der Waals surface area contributed by atoms with E-state index in [0.717, 1.165) is 23.1 Å². The Labute approximate surface area is 161 Å². The first-order valence-corrected chi connectivity index (χ1v) is 9.99. The lowest BCUT2D eigenvalue weighted by atomic mass is 9.97. The molecule has 4 nitrogen and oxygen atoms in total. The van der Waals surface area contributed by atoms with Gasteiger partial charge >= 0.3 is 0 Å². The molecule has 3 atom stereocenters. The fourth-order valence-electron chi connectivity index (χ4n) is 3.20. The minimum Gasteiger partial charge on any atom is -0.364 e. The Bertz CT molecular complexity index is 818. The molecule has 0 radical (unpaired) electrons. The molecule has 2 aromatic carbocycles. The topological polar surface area (TPSA) is 64.4 Å². The molecule has 144 valence electrons. The van der Waals surface area contributed by atoms with E-state index in [1.165, 1.54) is 11.8 Å². The van der Waals surface area contributed by atoms with Gasteiger partial charge in [-0.3, -0.25) is 4.79 Å². The van der Waals surface area contributed by atoms with Crippen LogP contribution in [0.3, 0.4) is 0 Å². The van der Waals surface area contributed by atoms with Crippen molar-refractivity contribution in [3.8, 4) is 0 Å². The van der Waals surface area contributed by atoms with Gasteiger partial charge in [0.05, 0.1) is 12.1 Å². The number of rotatable bonds is 6. The minimum atomic E-state index is -0.819. The molecular formula is C20H22F2N2O2S. The summed E-state index contributed by atoms with van der Waals surface area (Å²) in [6.07, 6.45) is 2.40. The van der Waals surface area contributed by atoms with Crippen LogP contribution in [0.15, 0.2) is 47.4 Å². The number of ether oxygens (including phenoxy) is 1. The fraction of sp³-hybridized carbons (Fsp3) is 0.350. The van der Waals surface area contributed by atoms with Gasteiger partial charge in [-0.2, -0.15) is 0 Å². The normalized spacial score (nSPS) is 20.4. The summed E-state index contributed by atoms with van der Waals surface area (Å²) in [5, 5.41) is 2.83. The lowest BCUT2D eigenvalue weighted by Crippen LogP contribution is -2.38. The number of amides is 1. The van der Waals surface area contributed by atoms with E-state index in [9.17, 15) is 13.6 Å². The van der Waals surface area contributed by atoms with Gasteiger partial charge in [-0.15, -0.1) is 11.8 Å². The number of thioether (sulfide) groups is 1. The lowest BCUT2D eigenvalue weighted by molar-refractivity contribution is -0.132. The monoisotopic (exact) mass is 392 g/mol. The zero-order chi connectivity index (χ0) is 19.4. The molecule has 1 aliphatic rings. The van der Waals surface area contributed by atoms with Crippen molar-refractivity contribution in [1.29, 1.82) is 0 Å². The molecule has 1 aliphatic heterocycles. The van der Waals surface area contributed by atoms with Crippen LogP contribution in [0.2, 0.25) is 0 Å². The molecule has 2 aromatic rings. The van der Waals surface area contributed by atoms with Gasteiger partial charge in [0.15, 0.2) is 0 Å². The zero-order valence-corrected chi connectivity index (χ0v) is 15.8. The molecule has 0 bridgehead atoms. The number of hydrogen-bond acceptors (Lipinski definition) is 4. The fourth-order valence-corrected chi connectivity index (χ4v) is 3.67. The highest BCUT2D eigenvalue weighted by atomic mass is 32.2. The second kappa shape index (κ2) is 8.82. The first-order valence-electron chi connectivity index (χ1n) is 8.76. The van der Waals surface area contributed by atoms with Crippen molar-refractivity contribution < 1.29 is 18.3 Å². The zero-order valence-electron chi connectivity index (χ0n) is 15.0. The molecule has 0 aromatic heterocycles. The SMILES string of the molecule is CSc1cccc(C(NC(=O)[C@@H]2CC[C@H](CN)O2)c2cc(F)ccc2F)c1. The third-order valence-corrected chi connectivity index (χ3v) is 5.37. The van der Waals surface area contributed by atoms with Crippen molar-refractivity contribution in [2.45, 2.75) is 36.0 Å². The summed E-state index contributed by atoms with van der Waals surface area (Å²) >= 11 is 1.53. The third kappa shape index (κ3) is 4.66. The highest BCUT2D eigenvalue weighted by Gasteiger charge is 2.32. The Kier molecular flexibility index (Phi) is 6.46. The van der Waals surface area contributed by atoms with E-state index < -0.39 is 23.8 Å². The molecule has 0 saturated carbocycles. The van der Waals surface area contributed by atoms with Crippen LogP contribution in [0.1, 0.15) is 30.0 Å². The molecular weight excluding hydrogens is 370 g/mol. The van der Waals surface area contributed by atoms with E-state index in [0.29, 0.717) is 24.9 Å². The molecule has 3 rings (SSSR count). The maximum absolute atomic E-state index is 14.5. The summed E-state index contributed by atoms with van der Waals surface area (Å²) in [5.41, 5.74) is 6.35. The quantitative estimate of drug-likeness (QED) is 0.740. The standard InChI is InChI=1S/C20H22F2N2O2S/c1-27-15-4-2-3-12(9-15)19(16-10-13(21)5-7-17(16)22)24-20(25)18-8-6-14(11-23)26-18/h2-5,7,9-10,14,18-19H,6,8,11,23H2,1H3,(H,24,25)/t14-,18+,19?/m1/s1. The molecule has 1 unspecified atom stereocenters. The van der Waals surface area contributed by atoms with Crippen molar-refractivity contribution in [2.24, 2.45) is 5.73 Å². The molecule has 27 heavy (non-hydrogen) atoms. The molecule has 1 fully saturated rings. The summed E-state index contributed by atoms with van der Waals surface area (Å²) in [7, 11) is 0. The third-order valence-electron chi connectivity index (χ3n) is 4.65. The van der Waals surface area contributed by atoms with Crippen LogP contribution in [0.25, 0.3) is 0 Å². The summed E-state index contributed by atoms with van der Waals surface area (Å²) in [4.78, 5) is 13.7. The van der Waals surface area contributed by atoms with Gasteiger partial charge in [0.2, 0.25) is 5.91 Å². The molecule has 1 saturated heterocycles. The van der Waals surface area contributed by atoms with Gasteiger partial charge in [0.25, 0.3) is 0 Å². The Morgan fingerprint density at radius 2 is 2.11 bits per heavy atom. The molecule has 1 heterocycles. The maximum atomic E-state index is 14.5. The van der Waals surface area contributed by atoms with E-state index in [2.05, 4.69) is 5.32 Å². The molecule has 0 aliphatic carbocycles. The van der Waals surface area contributed by atoms with Crippen LogP contribution in [-0.2, 0) is 9.53 Å². The maximum Gasteiger partial charge on any atom is 0.249 e. The summed E-state index contributed by atoms with van der Waals surface area (Å²) in [6, 6.07) is 9.81. The lowest BCUT2D eigenvalue weighted by Gasteiger charge is -2.23. The van der Waals surface area contributed by atoms with E-state index in [1.807, 2.05) is 24.5 Å².